The second-order valence-electron chi connectivity index (χ2n) is 6.86. The second kappa shape index (κ2) is 9.49. The van der Waals surface area contributed by atoms with Crippen LogP contribution in [0.4, 0.5) is 5.13 Å². The van der Waals surface area contributed by atoms with Crippen molar-refractivity contribution in [2.24, 2.45) is 0 Å². The number of pyridine rings is 1. The van der Waals surface area contributed by atoms with Gasteiger partial charge in [0, 0.05) is 11.6 Å². The van der Waals surface area contributed by atoms with Crippen LogP contribution in [-0.2, 0) is 22.5 Å². The lowest BCUT2D eigenvalue weighted by atomic mass is 10.1. The molecule has 8 heteroatoms. The highest BCUT2D eigenvalue weighted by atomic mass is 32.1. The summed E-state index contributed by atoms with van der Waals surface area (Å²) in [6, 6.07) is 9.24. The average Bonchev–Trinajstić information content (AvgIpc) is 3.13. The standard InChI is InChI=1S/C22H23N3O4S/c1-4-29-19(26)11-17-13-30-22(23-17)24-20(27)18-6-5-9-25(21(18)28)12-16-10-14(2)7-8-15(16)3/h5-10,13H,4,11-12H2,1-3H3,(H,23,24,27). The molecule has 30 heavy (non-hydrogen) atoms. The number of hydrogen-bond donors (Lipinski definition) is 1. The maximum absolute atomic E-state index is 12.8. The van der Waals surface area contributed by atoms with E-state index in [1.165, 1.54) is 22.0 Å². The highest BCUT2D eigenvalue weighted by molar-refractivity contribution is 7.14. The van der Waals surface area contributed by atoms with Crippen molar-refractivity contribution in [3.05, 3.63) is 80.2 Å². The van der Waals surface area contributed by atoms with Crippen molar-refractivity contribution >= 4 is 28.3 Å². The van der Waals surface area contributed by atoms with Crippen molar-refractivity contribution in [1.29, 1.82) is 0 Å². The number of ether oxygens (including phenoxy) is 1. The summed E-state index contributed by atoms with van der Waals surface area (Å²) in [6.07, 6.45) is 1.70. The zero-order chi connectivity index (χ0) is 21.7. The van der Waals surface area contributed by atoms with E-state index in [-0.39, 0.29) is 23.5 Å². The van der Waals surface area contributed by atoms with E-state index in [1.54, 1.807) is 24.6 Å². The summed E-state index contributed by atoms with van der Waals surface area (Å²) in [6.45, 7) is 6.41. The van der Waals surface area contributed by atoms with E-state index < -0.39 is 5.91 Å². The van der Waals surface area contributed by atoms with Gasteiger partial charge >= 0.3 is 5.97 Å². The molecule has 7 nitrogen and oxygen atoms in total. The summed E-state index contributed by atoms with van der Waals surface area (Å²) >= 11 is 1.19. The van der Waals surface area contributed by atoms with Crippen LogP contribution in [-0.4, -0.2) is 28.0 Å². The molecule has 0 aliphatic carbocycles. The quantitative estimate of drug-likeness (QED) is 0.587. The topological polar surface area (TPSA) is 90.3 Å². The molecule has 2 aromatic heterocycles. The molecule has 0 aliphatic rings. The summed E-state index contributed by atoms with van der Waals surface area (Å²) < 4.78 is 6.41. The predicted octanol–water partition coefficient (Wildman–Crippen LogP) is 3.33. The number of nitrogens with zero attached hydrogens (tertiary/aromatic N) is 2. The van der Waals surface area contributed by atoms with Crippen LogP contribution in [0.2, 0.25) is 0 Å². The van der Waals surface area contributed by atoms with Gasteiger partial charge in [0.05, 0.1) is 25.3 Å². The zero-order valence-electron chi connectivity index (χ0n) is 17.1. The second-order valence-corrected chi connectivity index (χ2v) is 7.72. The number of carbonyl (C=O) groups is 2. The molecule has 1 amide bonds. The molecular weight excluding hydrogens is 402 g/mol. The molecule has 1 aromatic carbocycles. The van der Waals surface area contributed by atoms with Crippen LogP contribution in [0.25, 0.3) is 0 Å². The third kappa shape index (κ3) is 5.21. The average molecular weight is 426 g/mol. The van der Waals surface area contributed by atoms with Crippen LogP contribution in [0.3, 0.4) is 0 Å². The van der Waals surface area contributed by atoms with Gasteiger partial charge in [-0.15, -0.1) is 11.3 Å². The van der Waals surface area contributed by atoms with Crippen LogP contribution in [0.1, 0.15) is 39.7 Å². The molecule has 0 bridgehead atoms. The Balaban J connectivity index is 1.75. The molecule has 156 valence electrons. The third-order valence-electron chi connectivity index (χ3n) is 4.51. The molecule has 1 N–H and O–H groups in total. The van der Waals surface area contributed by atoms with Crippen molar-refractivity contribution in [3.63, 3.8) is 0 Å². The summed E-state index contributed by atoms with van der Waals surface area (Å²) in [5.41, 5.74) is 3.38. The third-order valence-corrected chi connectivity index (χ3v) is 5.32. The van der Waals surface area contributed by atoms with Gasteiger partial charge in [0.2, 0.25) is 0 Å². The van der Waals surface area contributed by atoms with E-state index >= 15 is 0 Å². The van der Waals surface area contributed by atoms with Crippen LogP contribution in [0.15, 0.2) is 46.7 Å². The van der Waals surface area contributed by atoms with E-state index in [4.69, 9.17) is 4.74 Å². The number of anilines is 1. The normalized spacial score (nSPS) is 10.6. The first kappa shape index (κ1) is 21.4. The van der Waals surface area contributed by atoms with E-state index in [1.807, 2.05) is 32.0 Å². The number of nitrogens with one attached hydrogen (secondary N) is 1. The van der Waals surface area contributed by atoms with Gasteiger partial charge in [0.15, 0.2) is 5.13 Å². The van der Waals surface area contributed by atoms with Gasteiger partial charge in [-0.1, -0.05) is 23.8 Å². The minimum Gasteiger partial charge on any atom is -0.466 e. The number of carbonyl (C=O) groups excluding carboxylic acids is 2. The number of esters is 1. The van der Waals surface area contributed by atoms with Gasteiger partial charge in [0.1, 0.15) is 5.56 Å². The number of thiazole rings is 1. The molecule has 0 radical (unpaired) electrons. The van der Waals surface area contributed by atoms with Gasteiger partial charge in [0.25, 0.3) is 11.5 Å². The van der Waals surface area contributed by atoms with E-state index in [2.05, 4.69) is 10.3 Å². The Hall–Kier alpha value is -3.26. The largest absolute Gasteiger partial charge is 0.466 e. The molecule has 0 spiro atoms. The van der Waals surface area contributed by atoms with E-state index in [9.17, 15) is 14.4 Å². The molecule has 0 saturated heterocycles. The van der Waals surface area contributed by atoms with Crippen LogP contribution >= 0.6 is 11.3 Å². The Bertz CT molecular complexity index is 1130. The molecular formula is C22H23N3O4S. The lowest BCUT2D eigenvalue weighted by Gasteiger charge is -2.11. The number of aryl methyl sites for hydroxylation is 2. The first-order valence-electron chi connectivity index (χ1n) is 9.54. The first-order chi connectivity index (χ1) is 14.4. The Morgan fingerprint density at radius 2 is 2.03 bits per heavy atom. The fourth-order valence-corrected chi connectivity index (χ4v) is 3.66. The van der Waals surface area contributed by atoms with Gasteiger partial charge in [-0.25, -0.2) is 4.98 Å². The summed E-state index contributed by atoms with van der Waals surface area (Å²) in [5, 5.41) is 4.64. The molecule has 0 atom stereocenters. The minimum atomic E-state index is -0.535. The SMILES string of the molecule is CCOC(=O)Cc1csc(NC(=O)c2cccn(Cc3cc(C)ccc3C)c2=O)n1. The van der Waals surface area contributed by atoms with Crippen molar-refractivity contribution in [1.82, 2.24) is 9.55 Å². The number of hydrogen-bond acceptors (Lipinski definition) is 6. The van der Waals surface area contributed by atoms with E-state index in [0.29, 0.717) is 24.0 Å². The fourth-order valence-electron chi connectivity index (χ4n) is 2.96. The van der Waals surface area contributed by atoms with Crippen molar-refractivity contribution in [2.45, 2.75) is 33.7 Å². The van der Waals surface area contributed by atoms with Gasteiger partial charge in [-0.05, 0) is 44.0 Å². The van der Waals surface area contributed by atoms with Crippen molar-refractivity contribution < 1.29 is 14.3 Å². The van der Waals surface area contributed by atoms with Crippen molar-refractivity contribution in [2.75, 3.05) is 11.9 Å². The number of aromatic nitrogens is 2. The van der Waals surface area contributed by atoms with Crippen molar-refractivity contribution in [3.8, 4) is 0 Å². The Kier molecular flexibility index (Phi) is 6.79. The summed E-state index contributed by atoms with van der Waals surface area (Å²) in [4.78, 5) is 41.3. The number of amides is 1. The molecule has 0 saturated carbocycles. The van der Waals surface area contributed by atoms with E-state index in [0.717, 1.165) is 16.7 Å². The smallest absolute Gasteiger partial charge is 0.311 e. The number of benzene rings is 1. The fraction of sp³-hybridized carbons (Fsp3) is 0.273. The van der Waals surface area contributed by atoms with Gasteiger partial charge in [-0.3, -0.25) is 19.7 Å². The monoisotopic (exact) mass is 425 g/mol. The van der Waals surface area contributed by atoms with Gasteiger partial charge in [-0.2, -0.15) is 0 Å². The minimum absolute atomic E-state index is 0.0324. The predicted molar refractivity (Wildman–Crippen MR) is 116 cm³/mol. The molecule has 0 aliphatic heterocycles. The molecule has 3 rings (SSSR count). The molecule has 3 aromatic rings. The highest BCUT2D eigenvalue weighted by Gasteiger charge is 2.15. The molecule has 0 unspecified atom stereocenters. The highest BCUT2D eigenvalue weighted by Crippen LogP contribution is 2.17. The number of rotatable bonds is 7. The maximum atomic E-state index is 12.8. The maximum Gasteiger partial charge on any atom is 0.311 e. The summed E-state index contributed by atoms with van der Waals surface area (Å²) in [7, 11) is 0. The Labute approximate surface area is 178 Å². The Morgan fingerprint density at radius 3 is 2.80 bits per heavy atom. The van der Waals surface area contributed by atoms with Crippen LogP contribution < -0.4 is 10.9 Å². The molecule has 2 heterocycles. The van der Waals surface area contributed by atoms with Crippen LogP contribution in [0.5, 0.6) is 0 Å². The van der Waals surface area contributed by atoms with Gasteiger partial charge < -0.3 is 9.30 Å². The summed E-state index contributed by atoms with van der Waals surface area (Å²) in [5.74, 6) is -0.912. The lowest BCUT2D eigenvalue weighted by Crippen LogP contribution is -2.29. The van der Waals surface area contributed by atoms with Crippen LogP contribution in [0, 0.1) is 13.8 Å². The first-order valence-corrected chi connectivity index (χ1v) is 10.4. The zero-order valence-corrected chi connectivity index (χ0v) is 17.9. The lowest BCUT2D eigenvalue weighted by molar-refractivity contribution is -0.142. The Morgan fingerprint density at radius 1 is 1.23 bits per heavy atom. The molecule has 0 fully saturated rings.